The minimum Gasteiger partial charge on any atom is -0.376 e. The molecular formula is C16H16BrN3O. The Labute approximate surface area is 132 Å². The van der Waals surface area contributed by atoms with Crippen LogP contribution in [0.4, 0.5) is 5.69 Å². The van der Waals surface area contributed by atoms with Crippen LogP contribution in [0.3, 0.4) is 0 Å². The van der Waals surface area contributed by atoms with Crippen molar-refractivity contribution in [2.45, 2.75) is 6.92 Å². The fourth-order valence-corrected chi connectivity index (χ4v) is 1.98. The molecule has 0 aliphatic heterocycles. The third-order valence-electron chi connectivity index (χ3n) is 2.86. The van der Waals surface area contributed by atoms with Crippen LogP contribution in [-0.2, 0) is 4.79 Å². The molecule has 0 aliphatic rings. The molecule has 2 aromatic rings. The molecule has 5 heteroatoms. The molecule has 0 saturated heterocycles. The highest BCUT2D eigenvalue weighted by Gasteiger charge is 2.00. The maximum atomic E-state index is 11.7. The van der Waals surface area contributed by atoms with E-state index < -0.39 is 0 Å². The summed E-state index contributed by atoms with van der Waals surface area (Å²) >= 11 is 3.36. The van der Waals surface area contributed by atoms with Crippen LogP contribution in [0.2, 0.25) is 0 Å². The van der Waals surface area contributed by atoms with Gasteiger partial charge in [-0.3, -0.25) is 4.79 Å². The molecule has 0 aromatic heterocycles. The van der Waals surface area contributed by atoms with Gasteiger partial charge in [-0.05, 0) is 36.2 Å². The molecule has 0 saturated carbocycles. The molecule has 0 radical (unpaired) electrons. The number of amides is 1. The minimum atomic E-state index is -0.188. The lowest BCUT2D eigenvalue weighted by atomic mass is 10.2. The number of hydrogen-bond donors (Lipinski definition) is 2. The van der Waals surface area contributed by atoms with Crippen LogP contribution in [0.5, 0.6) is 0 Å². The Morgan fingerprint density at radius 3 is 2.62 bits per heavy atom. The number of benzene rings is 2. The van der Waals surface area contributed by atoms with Gasteiger partial charge in [0, 0.05) is 10.2 Å². The monoisotopic (exact) mass is 345 g/mol. The molecule has 0 spiro atoms. The van der Waals surface area contributed by atoms with Crippen molar-refractivity contribution in [1.82, 2.24) is 5.43 Å². The lowest BCUT2D eigenvalue weighted by molar-refractivity contribution is -0.119. The van der Waals surface area contributed by atoms with E-state index in [0.29, 0.717) is 0 Å². The van der Waals surface area contributed by atoms with Crippen molar-refractivity contribution < 1.29 is 4.79 Å². The molecule has 2 aromatic carbocycles. The van der Waals surface area contributed by atoms with E-state index in [1.165, 1.54) is 0 Å². The Morgan fingerprint density at radius 2 is 1.90 bits per heavy atom. The van der Waals surface area contributed by atoms with E-state index in [2.05, 4.69) is 31.8 Å². The summed E-state index contributed by atoms with van der Waals surface area (Å²) in [5.41, 5.74) is 5.46. The number of anilines is 1. The van der Waals surface area contributed by atoms with Crippen molar-refractivity contribution in [2.75, 3.05) is 11.9 Å². The number of nitrogens with zero attached hydrogens (tertiary/aromatic N) is 1. The Morgan fingerprint density at radius 1 is 1.19 bits per heavy atom. The third-order valence-corrected chi connectivity index (χ3v) is 3.39. The van der Waals surface area contributed by atoms with Crippen LogP contribution in [0, 0.1) is 6.92 Å². The molecule has 2 N–H and O–H groups in total. The number of para-hydroxylation sites is 1. The first-order chi connectivity index (χ1) is 10.1. The quantitative estimate of drug-likeness (QED) is 0.645. The van der Waals surface area contributed by atoms with Crippen molar-refractivity contribution in [3.05, 3.63) is 64.1 Å². The van der Waals surface area contributed by atoms with E-state index in [0.717, 1.165) is 21.3 Å². The number of halogens is 1. The van der Waals surface area contributed by atoms with Gasteiger partial charge in [0.2, 0.25) is 0 Å². The highest BCUT2D eigenvalue weighted by molar-refractivity contribution is 9.10. The fraction of sp³-hybridized carbons (Fsp3) is 0.125. The van der Waals surface area contributed by atoms with E-state index in [4.69, 9.17) is 0 Å². The lowest BCUT2D eigenvalue weighted by Gasteiger charge is -2.07. The predicted octanol–water partition coefficient (Wildman–Crippen LogP) is 3.32. The lowest BCUT2D eigenvalue weighted by Crippen LogP contribution is -2.26. The first kappa shape index (κ1) is 15.3. The predicted molar refractivity (Wildman–Crippen MR) is 89.5 cm³/mol. The molecule has 108 valence electrons. The van der Waals surface area contributed by atoms with Crippen LogP contribution in [0.1, 0.15) is 11.1 Å². The fourth-order valence-electron chi connectivity index (χ4n) is 1.71. The van der Waals surface area contributed by atoms with E-state index in [9.17, 15) is 4.79 Å². The number of hydrazone groups is 1. The van der Waals surface area contributed by atoms with Crippen LogP contribution in [-0.4, -0.2) is 18.7 Å². The second kappa shape index (κ2) is 7.59. The van der Waals surface area contributed by atoms with Crippen molar-refractivity contribution in [3.63, 3.8) is 0 Å². The topological polar surface area (TPSA) is 53.5 Å². The van der Waals surface area contributed by atoms with Gasteiger partial charge in [-0.15, -0.1) is 0 Å². The maximum Gasteiger partial charge on any atom is 0.259 e. The molecular weight excluding hydrogens is 330 g/mol. The van der Waals surface area contributed by atoms with Crippen LogP contribution in [0.25, 0.3) is 0 Å². The van der Waals surface area contributed by atoms with E-state index in [1.807, 2.05) is 55.5 Å². The van der Waals surface area contributed by atoms with Crippen LogP contribution >= 0.6 is 15.9 Å². The molecule has 0 unspecified atom stereocenters. The Bertz CT molecular complexity index is 638. The van der Waals surface area contributed by atoms with Gasteiger partial charge in [0.15, 0.2) is 0 Å². The molecule has 0 bridgehead atoms. The second-order valence-electron chi connectivity index (χ2n) is 4.51. The van der Waals surface area contributed by atoms with E-state index >= 15 is 0 Å². The molecule has 21 heavy (non-hydrogen) atoms. The summed E-state index contributed by atoms with van der Waals surface area (Å²) in [5, 5.41) is 7.00. The number of rotatable bonds is 5. The Balaban J connectivity index is 1.80. The second-order valence-corrected chi connectivity index (χ2v) is 5.43. The minimum absolute atomic E-state index is 0.183. The number of nitrogens with one attached hydrogen (secondary N) is 2. The van der Waals surface area contributed by atoms with Gasteiger partial charge in [0.25, 0.3) is 5.91 Å². The van der Waals surface area contributed by atoms with Gasteiger partial charge in [-0.25, -0.2) is 5.43 Å². The molecule has 0 aliphatic carbocycles. The summed E-state index contributed by atoms with van der Waals surface area (Å²) in [6.45, 7) is 2.18. The largest absolute Gasteiger partial charge is 0.376 e. The van der Waals surface area contributed by atoms with Crippen molar-refractivity contribution in [1.29, 1.82) is 0 Å². The number of hydrogen-bond acceptors (Lipinski definition) is 3. The average Bonchev–Trinajstić information content (AvgIpc) is 2.48. The third kappa shape index (κ3) is 5.04. The number of carbonyl (C=O) groups excluding carboxylic acids is 1. The summed E-state index contributed by atoms with van der Waals surface area (Å²) in [5.74, 6) is -0.188. The summed E-state index contributed by atoms with van der Waals surface area (Å²) < 4.78 is 1.01. The summed E-state index contributed by atoms with van der Waals surface area (Å²) in [7, 11) is 0. The smallest absolute Gasteiger partial charge is 0.259 e. The number of aryl methyl sites for hydroxylation is 1. The van der Waals surface area contributed by atoms with Crippen molar-refractivity contribution in [3.8, 4) is 0 Å². The molecule has 4 nitrogen and oxygen atoms in total. The van der Waals surface area contributed by atoms with Gasteiger partial charge in [-0.1, -0.05) is 46.3 Å². The molecule has 2 rings (SSSR count). The Kier molecular flexibility index (Phi) is 5.51. The maximum absolute atomic E-state index is 11.7. The standard InChI is InChI=1S/C16H16BrN3O/c1-12-4-2-3-5-15(12)18-11-16(21)20-19-10-13-6-8-14(17)9-7-13/h2-10,18H,11H2,1H3,(H,20,21). The molecule has 0 atom stereocenters. The highest BCUT2D eigenvalue weighted by atomic mass is 79.9. The zero-order chi connectivity index (χ0) is 15.1. The zero-order valence-electron chi connectivity index (χ0n) is 11.6. The first-order valence-corrected chi connectivity index (χ1v) is 7.31. The van der Waals surface area contributed by atoms with Gasteiger partial charge < -0.3 is 5.32 Å². The zero-order valence-corrected chi connectivity index (χ0v) is 13.2. The number of carbonyl (C=O) groups is 1. The summed E-state index contributed by atoms with van der Waals surface area (Å²) in [6.07, 6.45) is 1.61. The normalized spacial score (nSPS) is 10.6. The van der Waals surface area contributed by atoms with Crippen LogP contribution in [0.15, 0.2) is 58.1 Å². The first-order valence-electron chi connectivity index (χ1n) is 6.52. The molecule has 0 heterocycles. The van der Waals surface area contributed by atoms with E-state index in [1.54, 1.807) is 6.21 Å². The highest BCUT2D eigenvalue weighted by Crippen LogP contribution is 2.12. The van der Waals surface area contributed by atoms with Crippen molar-refractivity contribution >= 4 is 33.7 Å². The van der Waals surface area contributed by atoms with Crippen molar-refractivity contribution in [2.24, 2.45) is 5.10 Å². The van der Waals surface area contributed by atoms with Gasteiger partial charge >= 0.3 is 0 Å². The molecule has 1 amide bonds. The molecule has 0 fully saturated rings. The van der Waals surface area contributed by atoms with Gasteiger partial charge in [-0.2, -0.15) is 5.10 Å². The summed E-state index contributed by atoms with van der Waals surface area (Å²) in [6, 6.07) is 15.5. The van der Waals surface area contributed by atoms with Gasteiger partial charge in [0.1, 0.15) is 0 Å². The SMILES string of the molecule is Cc1ccccc1NCC(=O)NN=Cc1ccc(Br)cc1. The van der Waals surface area contributed by atoms with Crippen LogP contribution < -0.4 is 10.7 Å². The average molecular weight is 346 g/mol. The van der Waals surface area contributed by atoms with Gasteiger partial charge in [0.05, 0.1) is 12.8 Å². The summed E-state index contributed by atoms with van der Waals surface area (Å²) in [4.78, 5) is 11.7. The Hall–Kier alpha value is -2.14. The van der Waals surface area contributed by atoms with E-state index in [-0.39, 0.29) is 12.5 Å².